The summed E-state index contributed by atoms with van der Waals surface area (Å²) in [5.74, 6) is -1.49. The third-order valence-corrected chi connectivity index (χ3v) is 5.34. The summed E-state index contributed by atoms with van der Waals surface area (Å²) in [5, 5.41) is 10.4. The lowest BCUT2D eigenvalue weighted by Gasteiger charge is -2.18. The van der Waals surface area contributed by atoms with Gasteiger partial charge in [0.05, 0.1) is 11.5 Å². The molecule has 1 atom stereocenters. The number of benzene rings is 3. The maximum atomic E-state index is 12.9. The van der Waals surface area contributed by atoms with Crippen LogP contribution < -0.4 is 0 Å². The smallest absolute Gasteiger partial charge is 0.416 e. The predicted molar refractivity (Wildman–Crippen MR) is 117 cm³/mol. The second-order valence-corrected chi connectivity index (χ2v) is 8.38. The molecule has 3 rings (SSSR count). The topological polar surface area (TPSA) is 37.3 Å². The summed E-state index contributed by atoms with van der Waals surface area (Å²) in [6, 6.07) is 17.5. The Morgan fingerprint density at radius 2 is 1.35 bits per heavy atom. The molecule has 3 aromatic rings. The lowest BCUT2D eigenvalue weighted by molar-refractivity contribution is -0.139. The van der Waals surface area contributed by atoms with Crippen molar-refractivity contribution >= 4 is 17.6 Å². The average molecular weight is 447 g/mol. The minimum Gasteiger partial charge on any atom is -0.481 e. The highest BCUT2D eigenvalue weighted by atomic mass is 35.5. The molecule has 0 saturated heterocycles. The maximum absolute atomic E-state index is 12.9. The van der Waals surface area contributed by atoms with E-state index in [1.165, 1.54) is 12.1 Å². The fourth-order valence-electron chi connectivity index (χ4n) is 3.53. The van der Waals surface area contributed by atoms with Crippen LogP contribution in [-0.2, 0) is 11.0 Å². The average Bonchev–Trinajstić information content (AvgIpc) is 2.71. The van der Waals surface area contributed by atoms with Crippen LogP contribution in [0.1, 0.15) is 37.3 Å². The zero-order chi connectivity index (χ0) is 22.8. The Morgan fingerprint density at radius 1 is 0.871 bits per heavy atom. The van der Waals surface area contributed by atoms with Crippen molar-refractivity contribution in [1.82, 2.24) is 0 Å². The number of alkyl halides is 3. The summed E-state index contributed by atoms with van der Waals surface area (Å²) in [4.78, 5) is 12.0. The molecule has 0 aromatic heterocycles. The minimum atomic E-state index is -4.42. The highest BCUT2D eigenvalue weighted by Gasteiger charge is 2.30. The fraction of sp³-hybridized carbons (Fsp3) is 0.240. The van der Waals surface area contributed by atoms with E-state index in [9.17, 15) is 23.1 Å². The zero-order valence-electron chi connectivity index (χ0n) is 17.1. The molecule has 3 aromatic carbocycles. The summed E-state index contributed by atoms with van der Waals surface area (Å²) in [5.41, 5.74) is 2.74. The second-order valence-electron chi connectivity index (χ2n) is 7.95. The Bertz CT molecular complexity index is 1060. The van der Waals surface area contributed by atoms with Crippen LogP contribution in [0.4, 0.5) is 13.2 Å². The molecule has 0 saturated carbocycles. The van der Waals surface area contributed by atoms with Gasteiger partial charge in [-0.1, -0.05) is 61.8 Å². The van der Waals surface area contributed by atoms with Crippen LogP contribution in [0.5, 0.6) is 0 Å². The molecular formula is C25H22ClF3O2. The van der Waals surface area contributed by atoms with Crippen molar-refractivity contribution < 1.29 is 23.1 Å². The Balaban J connectivity index is 2.14. The first-order valence-electron chi connectivity index (χ1n) is 9.86. The van der Waals surface area contributed by atoms with Gasteiger partial charge in [-0.2, -0.15) is 13.2 Å². The molecule has 31 heavy (non-hydrogen) atoms. The molecule has 162 valence electrons. The van der Waals surface area contributed by atoms with E-state index >= 15 is 0 Å². The van der Waals surface area contributed by atoms with Gasteiger partial charge in [0, 0.05) is 5.02 Å². The number of rotatable bonds is 6. The molecule has 0 bridgehead atoms. The summed E-state index contributed by atoms with van der Waals surface area (Å²) in [6.07, 6.45) is -3.97. The molecule has 6 heteroatoms. The number of hydrogen-bond donors (Lipinski definition) is 1. The van der Waals surface area contributed by atoms with Gasteiger partial charge in [-0.05, 0) is 70.5 Å². The van der Waals surface area contributed by atoms with Gasteiger partial charge in [-0.3, -0.25) is 4.79 Å². The molecule has 0 fully saturated rings. The molecular weight excluding hydrogens is 425 g/mol. The van der Waals surface area contributed by atoms with Crippen molar-refractivity contribution in [2.24, 2.45) is 5.92 Å². The SMILES string of the molecule is CC(C)C[C@@H](C(=O)O)c1cc(-c2ccc(Cl)cc2)cc(-c2ccc(C(F)(F)F)cc2)c1. The van der Waals surface area contributed by atoms with Gasteiger partial charge in [0.1, 0.15) is 0 Å². The van der Waals surface area contributed by atoms with E-state index in [1.807, 2.05) is 38.1 Å². The van der Waals surface area contributed by atoms with Crippen molar-refractivity contribution in [3.05, 3.63) is 82.9 Å². The van der Waals surface area contributed by atoms with Gasteiger partial charge in [0.25, 0.3) is 0 Å². The molecule has 0 amide bonds. The van der Waals surface area contributed by atoms with Crippen molar-refractivity contribution in [3.8, 4) is 22.3 Å². The third-order valence-electron chi connectivity index (χ3n) is 5.09. The predicted octanol–water partition coefficient (Wildman–Crippen LogP) is 7.91. The van der Waals surface area contributed by atoms with Gasteiger partial charge in [0.15, 0.2) is 0 Å². The van der Waals surface area contributed by atoms with Crippen LogP contribution in [0.15, 0.2) is 66.7 Å². The van der Waals surface area contributed by atoms with Gasteiger partial charge in [-0.15, -0.1) is 0 Å². The highest BCUT2D eigenvalue weighted by molar-refractivity contribution is 6.30. The Kier molecular flexibility index (Phi) is 6.75. The number of halogens is 4. The molecule has 0 radical (unpaired) electrons. The highest BCUT2D eigenvalue weighted by Crippen LogP contribution is 2.35. The monoisotopic (exact) mass is 446 g/mol. The van der Waals surface area contributed by atoms with E-state index in [0.29, 0.717) is 28.1 Å². The van der Waals surface area contributed by atoms with Crippen LogP contribution in [0.2, 0.25) is 5.02 Å². The normalized spacial score (nSPS) is 12.7. The van der Waals surface area contributed by atoms with E-state index in [0.717, 1.165) is 23.3 Å². The molecule has 0 unspecified atom stereocenters. The third kappa shape index (κ3) is 5.67. The van der Waals surface area contributed by atoms with Crippen molar-refractivity contribution in [3.63, 3.8) is 0 Å². The van der Waals surface area contributed by atoms with Crippen LogP contribution >= 0.6 is 11.6 Å². The zero-order valence-corrected chi connectivity index (χ0v) is 17.8. The fourth-order valence-corrected chi connectivity index (χ4v) is 3.66. The van der Waals surface area contributed by atoms with E-state index in [1.54, 1.807) is 18.2 Å². The van der Waals surface area contributed by atoms with E-state index in [4.69, 9.17) is 11.6 Å². The molecule has 1 N–H and O–H groups in total. The molecule has 2 nitrogen and oxygen atoms in total. The van der Waals surface area contributed by atoms with Crippen LogP contribution in [-0.4, -0.2) is 11.1 Å². The second kappa shape index (κ2) is 9.15. The summed E-state index contributed by atoms with van der Waals surface area (Å²) in [6.45, 7) is 3.91. The van der Waals surface area contributed by atoms with Crippen molar-refractivity contribution in [1.29, 1.82) is 0 Å². The standard InChI is InChI=1S/C25H22ClF3O2/c1-15(2)11-23(24(30)31)20-13-18(16-3-7-21(8-4-16)25(27,28)29)12-19(14-20)17-5-9-22(26)10-6-17/h3-10,12-15,23H,11H2,1-2H3,(H,30,31)/t23-/m1/s1. The van der Waals surface area contributed by atoms with Gasteiger partial charge >= 0.3 is 12.1 Å². The lowest BCUT2D eigenvalue weighted by Crippen LogP contribution is -2.14. The molecule has 0 heterocycles. The Labute approximate surface area is 184 Å². The number of carboxylic acid groups (broad SMARTS) is 1. The first-order valence-corrected chi connectivity index (χ1v) is 10.2. The quantitative estimate of drug-likeness (QED) is 0.417. The van der Waals surface area contributed by atoms with Crippen LogP contribution in [0.3, 0.4) is 0 Å². The molecule has 0 aliphatic rings. The number of hydrogen-bond acceptors (Lipinski definition) is 1. The van der Waals surface area contributed by atoms with Crippen molar-refractivity contribution in [2.75, 3.05) is 0 Å². The lowest BCUT2D eigenvalue weighted by atomic mass is 9.86. The summed E-state index contributed by atoms with van der Waals surface area (Å²) >= 11 is 5.99. The molecule has 0 aliphatic heterocycles. The van der Waals surface area contributed by atoms with E-state index < -0.39 is 23.6 Å². The number of carboxylic acids is 1. The van der Waals surface area contributed by atoms with Crippen molar-refractivity contribution in [2.45, 2.75) is 32.4 Å². The Morgan fingerprint density at radius 3 is 1.77 bits per heavy atom. The van der Waals surface area contributed by atoms with E-state index in [-0.39, 0.29) is 5.92 Å². The minimum absolute atomic E-state index is 0.162. The van der Waals surface area contributed by atoms with Crippen LogP contribution in [0, 0.1) is 5.92 Å². The van der Waals surface area contributed by atoms with Crippen LogP contribution in [0.25, 0.3) is 22.3 Å². The first kappa shape index (κ1) is 22.9. The molecule has 0 spiro atoms. The largest absolute Gasteiger partial charge is 0.481 e. The van der Waals surface area contributed by atoms with Gasteiger partial charge < -0.3 is 5.11 Å². The number of carbonyl (C=O) groups is 1. The first-order chi connectivity index (χ1) is 14.5. The summed E-state index contributed by atoms with van der Waals surface area (Å²) in [7, 11) is 0. The van der Waals surface area contributed by atoms with Gasteiger partial charge in [0.2, 0.25) is 0 Å². The summed E-state index contributed by atoms with van der Waals surface area (Å²) < 4.78 is 38.8. The Hall–Kier alpha value is -2.79. The van der Waals surface area contributed by atoms with Gasteiger partial charge in [-0.25, -0.2) is 0 Å². The molecule has 0 aliphatic carbocycles. The van der Waals surface area contributed by atoms with E-state index in [2.05, 4.69) is 0 Å². The maximum Gasteiger partial charge on any atom is 0.416 e. The number of aliphatic carboxylic acids is 1.